The highest BCUT2D eigenvalue weighted by atomic mass is 16.3. The van der Waals surface area contributed by atoms with Crippen LogP contribution >= 0.6 is 0 Å². The van der Waals surface area contributed by atoms with Gasteiger partial charge in [0.15, 0.2) is 0 Å². The van der Waals surface area contributed by atoms with Gasteiger partial charge in [0.2, 0.25) is 5.91 Å². The summed E-state index contributed by atoms with van der Waals surface area (Å²) in [6.07, 6.45) is 3.05. The fourth-order valence-corrected chi connectivity index (χ4v) is 1.24. The molecule has 0 atom stereocenters. The molecule has 0 aliphatic carbocycles. The topological polar surface area (TPSA) is 115 Å². The first kappa shape index (κ1) is 13.9. The molecule has 0 unspecified atom stereocenters. The molecule has 18 heavy (non-hydrogen) atoms. The molecule has 1 rings (SSSR count). The number of aromatic nitrogens is 2. The quantitative estimate of drug-likeness (QED) is 0.393. The highest BCUT2D eigenvalue weighted by molar-refractivity contribution is 5.91. The van der Waals surface area contributed by atoms with Gasteiger partial charge in [-0.25, -0.2) is 4.79 Å². The lowest BCUT2D eigenvalue weighted by Crippen LogP contribution is -2.26. The van der Waals surface area contributed by atoms with Crippen molar-refractivity contribution in [1.29, 1.82) is 0 Å². The minimum atomic E-state index is -0.620. The van der Waals surface area contributed by atoms with E-state index in [1.807, 2.05) is 0 Å². The van der Waals surface area contributed by atoms with Crippen LogP contribution in [-0.2, 0) is 4.79 Å². The lowest BCUT2D eigenvalue weighted by Gasteiger charge is -2.00. The van der Waals surface area contributed by atoms with Crippen LogP contribution in [-0.4, -0.2) is 34.1 Å². The van der Waals surface area contributed by atoms with Crippen LogP contribution in [0.1, 0.15) is 17.7 Å². The first-order valence-electron chi connectivity index (χ1n) is 5.44. The summed E-state index contributed by atoms with van der Waals surface area (Å²) in [6.45, 7) is 1.91. The molecule has 1 amide bonds. The number of hydrogen-bond donors (Lipinski definition) is 4. The minimum Gasteiger partial charge on any atom is -0.396 e. The standard InChI is InChI=1S/C11H15N3O4/c1-7-8(13-11(18)14-10(7)17)3-4-9(16)12-5-2-6-15/h3-4,15H,2,5-6H2,1H3,(H,12,16)(H2,13,14,17,18)/b4-3+. The molecule has 0 aliphatic heterocycles. The van der Waals surface area contributed by atoms with Crippen molar-refractivity contribution in [1.82, 2.24) is 15.3 Å². The van der Waals surface area contributed by atoms with E-state index in [-0.39, 0.29) is 12.5 Å². The third-order valence-electron chi connectivity index (χ3n) is 2.26. The molecule has 0 fully saturated rings. The predicted molar refractivity (Wildman–Crippen MR) is 66.2 cm³/mol. The lowest BCUT2D eigenvalue weighted by atomic mass is 10.2. The number of carbonyl (C=O) groups excluding carboxylic acids is 1. The van der Waals surface area contributed by atoms with Crippen LogP contribution in [0.15, 0.2) is 15.7 Å². The molecule has 0 saturated heterocycles. The highest BCUT2D eigenvalue weighted by Crippen LogP contribution is 1.97. The van der Waals surface area contributed by atoms with E-state index in [0.29, 0.717) is 24.2 Å². The second kappa shape index (κ2) is 6.55. The summed E-state index contributed by atoms with van der Waals surface area (Å²) in [6, 6.07) is 0. The molecular formula is C11H15N3O4. The van der Waals surface area contributed by atoms with Gasteiger partial charge in [-0.05, 0) is 19.4 Å². The SMILES string of the molecule is Cc1c(/C=C/C(=O)NCCCO)[nH]c(=O)[nH]c1=O. The van der Waals surface area contributed by atoms with Crippen molar-refractivity contribution in [2.75, 3.05) is 13.2 Å². The van der Waals surface area contributed by atoms with Gasteiger partial charge in [0, 0.05) is 24.8 Å². The minimum absolute atomic E-state index is 0.00445. The van der Waals surface area contributed by atoms with E-state index in [0.717, 1.165) is 0 Å². The Bertz CT molecular complexity index is 556. The molecule has 0 saturated carbocycles. The van der Waals surface area contributed by atoms with Crippen molar-refractivity contribution in [3.63, 3.8) is 0 Å². The average Bonchev–Trinajstić information content (AvgIpc) is 2.32. The lowest BCUT2D eigenvalue weighted by molar-refractivity contribution is -0.116. The third-order valence-corrected chi connectivity index (χ3v) is 2.26. The number of aliphatic hydroxyl groups excluding tert-OH is 1. The molecule has 7 nitrogen and oxygen atoms in total. The van der Waals surface area contributed by atoms with Crippen molar-refractivity contribution in [2.24, 2.45) is 0 Å². The zero-order valence-electron chi connectivity index (χ0n) is 9.95. The number of nitrogens with one attached hydrogen (secondary N) is 3. The van der Waals surface area contributed by atoms with Crippen LogP contribution in [0, 0.1) is 6.92 Å². The van der Waals surface area contributed by atoms with E-state index in [9.17, 15) is 14.4 Å². The van der Waals surface area contributed by atoms with Crippen molar-refractivity contribution in [3.05, 3.63) is 38.2 Å². The van der Waals surface area contributed by atoms with Crippen molar-refractivity contribution in [2.45, 2.75) is 13.3 Å². The number of hydrogen-bond acceptors (Lipinski definition) is 4. The van der Waals surface area contributed by atoms with Crippen LogP contribution in [0.2, 0.25) is 0 Å². The Morgan fingerprint density at radius 2 is 2.11 bits per heavy atom. The van der Waals surface area contributed by atoms with E-state index in [2.05, 4.69) is 15.3 Å². The van der Waals surface area contributed by atoms with Crippen LogP contribution in [0.4, 0.5) is 0 Å². The maximum atomic E-state index is 11.3. The van der Waals surface area contributed by atoms with Crippen molar-refractivity contribution >= 4 is 12.0 Å². The summed E-state index contributed by atoms with van der Waals surface area (Å²) in [5, 5.41) is 11.1. The molecular weight excluding hydrogens is 238 g/mol. The van der Waals surface area contributed by atoms with Crippen LogP contribution in [0.3, 0.4) is 0 Å². The Hall–Kier alpha value is -2.15. The molecule has 0 aromatic carbocycles. The van der Waals surface area contributed by atoms with Gasteiger partial charge in [0.1, 0.15) is 0 Å². The molecule has 1 aromatic rings. The van der Waals surface area contributed by atoms with Gasteiger partial charge >= 0.3 is 5.69 Å². The van der Waals surface area contributed by atoms with Gasteiger partial charge in [-0.2, -0.15) is 0 Å². The Morgan fingerprint density at radius 1 is 1.39 bits per heavy atom. The number of aliphatic hydroxyl groups is 1. The summed E-state index contributed by atoms with van der Waals surface area (Å²) in [5.74, 6) is -0.357. The van der Waals surface area contributed by atoms with Gasteiger partial charge in [-0.15, -0.1) is 0 Å². The smallest absolute Gasteiger partial charge is 0.326 e. The number of H-pyrrole nitrogens is 2. The van der Waals surface area contributed by atoms with Gasteiger partial charge in [0.05, 0.1) is 5.69 Å². The molecule has 98 valence electrons. The van der Waals surface area contributed by atoms with Crippen LogP contribution in [0.25, 0.3) is 6.08 Å². The third kappa shape index (κ3) is 4.02. The molecule has 0 spiro atoms. The molecule has 1 aromatic heterocycles. The summed E-state index contributed by atoms with van der Waals surface area (Å²) in [4.78, 5) is 38.1. The first-order valence-corrected chi connectivity index (χ1v) is 5.44. The van der Waals surface area contributed by atoms with Gasteiger partial charge in [-0.1, -0.05) is 0 Å². The Morgan fingerprint density at radius 3 is 2.78 bits per heavy atom. The van der Waals surface area contributed by atoms with Gasteiger partial charge in [-0.3, -0.25) is 14.6 Å². The summed E-state index contributed by atoms with van der Waals surface area (Å²) >= 11 is 0. The zero-order chi connectivity index (χ0) is 13.5. The number of aromatic amines is 2. The maximum Gasteiger partial charge on any atom is 0.326 e. The van der Waals surface area contributed by atoms with Gasteiger partial charge in [0.25, 0.3) is 5.56 Å². The number of amides is 1. The normalized spacial score (nSPS) is 10.8. The first-order chi connectivity index (χ1) is 8.54. The summed E-state index contributed by atoms with van der Waals surface area (Å²) < 4.78 is 0. The average molecular weight is 253 g/mol. The monoisotopic (exact) mass is 253 g/mol. The Kier molecular flexibility index (Phi) is 5.06. The number of carbonyl (C=O) groups is 1. The van der Waals surface area contributed by atoms with E-state index < -0.39 is 11.2 Å². The second-order valence-corrected chi connectivity index (χ2v) is 3.65. The largest absolute Gasteiger partial charge is 0.396 e. The van der Waals surface area contributed by atoms with E-state index in [4.69, 9.17) is 5.11 Å². The maximum absolute atomic E-state index is 11.3. The van der Waals surface area contributed by atoms with E-state index in [1.165, 1.54) is 19.1 Å². The molecule has 0 bridgehead atoms. The molecule has 0 radical (unpaired) electrons. The van der Waals surface area contributed by atoms with Crippen LogP contribution < -0.4 is 16.6 Å². The highest BCUT2D eigenvalue weighted by Gasteiger charge is 2.01. The Balaban J connectivity index is 2.76. The van der Waals surface area contributed by atoms with E-state index in [1.54, 1.807) is 0 Å². The molecule has 7 heteroatoms. The zero-order valence-corrected chi connectivity index (χ0v) is 9.95. The summed E-state index contributed by atoms with van der Waals surface area (Å²) in [5.41, 5.74) is -0.486. The molecule has 0 aliphatic rings. The van der Waals surface area contributed by atoms with Crippen molar-refractivity contribution in [3.8, 4) is 0 Å². The Labute approximate surface area is 103 Å². The fourth-order valence-electron chi connectivity index (χ4n) is 1.24. The van der Waals surface area contributed by atoms with Crippen molar-refractivity contribution < 1.29 is 9.90 Å². The molecule has 4 N–H and O–H groups in total. The van der Waals surface area contributed by atoms with Crippen LogP contribution in [0.5, 0.6) is 0 Å². The second-order valence-electron chi connectivity index (χ2n) is 3.65. The number of rotatable bonds is 5. The summed E-state index contributed by atoms with van der Waals surface area (Å²) in [7, 11) is 0. The predicted octanol–water partition coefficient (Wildman–Crippen LogP) is -1.12. The van der Waals surface area contributed by atoms with Gasteiger partial charge < -0.3 is 15.4 Å². The fraction of sp³-hybridized carbons (Fsp3) is 0.364. The molecule has 1 heterocycles. The van der Waals surface area contributed by atoms with E-state index >= 15 is 0 Å².